The fraction of sp³-hybridized carbons (Fsp3) is 0.156. The molecule has 0 aliphatic carbocycles. The highest BCUT2D eigenvalue weighted by Crippen LogP contribution is 2.32. The summed E-state index contributed by atoms with van der Waals surface area (Å²) in [5.41, 5.74) is 1.79. The van der Waals surface area contributed by atoms with Crippen molar-refractivity contribution in [3.63, 3.8) is 0 Å². The number of aryl methyl sites for hydroxylation is 1. The van der Waals surface area contributed by atoms with Gasteiger partial charge in [-0.3, -0.25) is 18.8 Å². The Morgan fingerprint density at radius 2 is 1.67 bits per heavy atom. The largest absolute Gasteiger partial charge is 0.497 e. The van der Waals surface area contributed by atoms with Crippen LogP contribution in [0.3, 0.4) is 0 Å². The monoisotopic (exact) mass is 630 g/mol. The van der Waals surface area contributed by atoms with Crippen LogP contribution in [0, 0.1) is 11.6 Å². The van der Waals surface area contributed by atoms with E-state index in [9.17, 15) is 22.0 Å². The van der Waals surface area contributed by atoms with E-state index in [1.54, 1.807) is 43.4 Å². The van der Waals surface area contributed by atoms with Crippen LogP contribution in [0.2, 0.25) is 0 Å². The van der Waals surface area contributed by atoms with Gasteiger partial charge in [-0.05, 0) is 54.1 Å². The van der Waals surface area contributed by atoms with Crippen molar-refractivity contribution < 1.29 is 21.9 Å². The van der Waals surface area contributed by atoms with Crippen LogP contribution in [0.1, 0.15) is 17.4 Å². The lowest BCUT2D eigenvalue weighted by molar-refractivity contribution is 0.415. The Kier molecular flexibility index (Phi) is 7.71. The number of methoxy groups -OCH3 is 1. The molecule has 1 unspecified atom stereocenters. The van der Waals surface area contributed by atoms with Crippen molar-refractivity contribution in [3.05, 3.63) is 118 Å². The lowest BCUT2D eigenvalue weighted by atomic mass is 10.0. The number of para-hydroxylation sites is 2. The molecule has 2 aromatic heterocycles. The van der Waals surface area contributed by atoms with Crippen LogP contribution in [0.4, 0.5) is 20.3 Å². The van der Waals surface area contributed by atoms with Gasteiger partial charge in [0.15, 0.2) is 5.82 Å². The Hall–Kier alpha value is -5.30. The Morgan fingerprint density at radius 3 is 2.36 bits per heavy atom. The summed E-state index contributed by atoms with van der Waals surface area (Å²) in [6.07, 6.45) is 1.07. The summed E-state index contributed by atoms with van der Waals surface area (Å²) in [6.45, 7) is 0. The summed E-state index contributed by atoms with van der Waals surface area (Å²) in [7, 11) is -0.520. The van der Waals surface area contributed by atoms with Crippen molar-refractivity contribution >= 4 is 43.3 Å². The minimum atomic E-state index is -3.66. The van der Waals surface area contributed by atoms with E-state index in [2.05, 4.69) is 15.1 Å². The van der Waals surface area contributed by atoms with E-state index in [1.165, 1.54) is 28.5 Å². The summed E-state index contributed by atoms with van der Waals surface area (Å²) >= 11 is 0. The molecule has 0 aliphatic rings. The number of rotatable bonds is 9. The molecule has 2 N–H and O–H groups in total. The lowest BCUT2D eigenvalue weighted by Crippen LogP contribution is -2.29. The highest BCUT2D eigenvalue weighted by Gasteiger charge is 2.25. The third kappa shape index (κ3) is 6.07. The molecule has 6 aromatic rings. The van der Waals surface area contributed by atoms with Crippen LogP contribution in [0.25, 0.3) is 27.5 Å². The summed E-state index contributed by atoms with van der Waals surface area (Å²) in [5, 5.41) is 8.53. The van der Waals surface area contributed by atoms with Gasteiger partial charge in [0.25, 0.3) is 5.56 Å². The number of fused-ring (bicyclic) bond motifs is 2. The zero-order chi connectivity index (χ0) is 31.9. The van der Waals surface area contributed by atoms with Gasteiger partial charge in [-0.2, -0.15) is 5.10 Å². The molecule has 0 amide bonds. The quantitative estimate of drug-likeness (QED) is 0.222. The molecule has 0 aliphatic heterocycles. The van der Waals surface area contributed by atoms with E-state index in [4.69, 9.17) is 9.72 Å². The maximum atomic E-state index is 14.5. The first-order valence-corrected chi connectivity index (χ1v) is 15.7. The van der Waals surface area contributed by atoms with Crippen molar-refractivity contribution in [1.29, 1.82) is 0 Å². The molecule has 10 nitrogen and oxygen atoms in total. The third-order valence-corrected chi connectivity index (χ3v) is 7.82. The number of anilines is 2. The first-order valence-electron chi connectivity index (χ1n) is 13.8. The summed E-state index contributed by atoms with van der Waals surface area (Å²) in [5.74, 6) is -0.645. The average Bonchev–Trinajstić information content (AvgIpc) is 3.30. The van der Waals surface area contributed by atoms with Crippen LogP contribution in [0.5, 0.6) is 5.75 Å². The summed E-state index contributed by atoms with van der Waals surface area (Å²) in [4.78, 5) is 19.4. The van der Waals surface area contributed by atoms with Gasteiger partial charge in [0.05, 0.1) is 41.5 Å². The van der Waals surface area contributed by atoms with Crippen LogP contribution in [0.15, 0.2) is 89.7 Å². The Balaban J connectivity index is 1.66. The molecule has 45 heavy (non-hydrogen) atoms. The number of sulfonamides is 1. The van der Waals surface area contributed by atoms with Gasteiger partial charge in [-0.15, -0.1) is 0 Å². The maximum absolute atomic E-state index is 14.5. The molecule has 1 atom stereocenters. The Morgan fingerprint density at radius 1 is 0.933 bits per heavy atom. The molecular weight excluding hydrogens is 602 g/mol. The highest BCUT2D eigenvalue weighted by atomic mass is 32.2. The topological polar surface area (TPSA) is 120 Å². The lowest BCUT2D eigenvalue weighted by Gasteiger charge is -2.24. The van der Waals surface area contributed by atoms with E-state index in [0.29, 0.717) is 44.5 Å². The zero-order valence-electron chi connectivity index (χ0n) is 24.5. The fourth-order valence-corrected chi connectivity index (χ4v) is 5.93. The van der Waals surface area contributed by atoms with Gasteiger partial charge in [0.2, 0.25) is 10.0 Å². The second-order valence-corrected chi connectivity index (χ2v) is 12.3. The van der Waals surface area contributed by atoms with E-state index in [-0.39, 0.29) is 18.1 Å². The normalized spacial score (nSPS) is 12.4. The second-order valence-electron chi connectivity index (χ2n) is 10.6. The van der Waals surface area contributed by atoms with Crippen molar-refractivity contribution in [1.82, 2.24) is 19.3 Å². The van der Waals surface area contributed by atoms with Gasteiger partial charge in [-0.25, -0.2) is 22.2 Å². The second kappa shape index (κ2) is 11.7. The molecule has 0 radical (unpaired) electrons. The number of aromatic nitrogens is 4. The van der Waals surface area contributed by atoms with E-state index < -0.39 is 33.3 Å². The van der Waals surface area contributed by atoms with Gasteiger partial charge in [-0.1, -0.05) is 24.3 Å². The highest BCUT2D eigenvalue weighted by molar-refractivity contribution is 7.92. The Bertz CT molecular complexity index is 2220. The fourth-order valence-electron chi connectivity index (χ4n) is 5.43. The third-order valence-electron chi connectivity index (χ3n) is 7.26. The average molecular weight is 631 g/mol. The number of halogens is 2. The smallest absolute Gasteiger partial charge is 0.266 e. The van der Waals surface area contributed by atoms with Gasteiger partial charge >= 0.3 is 0 Å². The van der Waals surface area contributed by atoms with Crippen LogP contribution in [-0.4, -0.2) is 41.1 Å². The number of nitrogens with zero attached hydrogens (tertiary/aromatic N) is 4. The maximum Gasteiger partial charge on any atom is 0.266 e. The van der Waals surface area contributed by atoms with E-state index >= 15 is 0 Å². The van der Waals surface area contributed by atoms with Crippen molar-refractivity contribution in [2.24, 2.45) is 7.05 Å². The van der Waals surface area contributed by atoms with Crippen molar-refractivity contribution in [3.8, 4) is 11.4 Å². The number of hydrogen-bond acceptors (Lipinski definition) is 7. The van der Waals surface area contributed by atoms with Crippen LogP contribution < -0.4 is 20.3 Å². The summed E-state index contributed by atoms with van der Waals surface area (Å²) < 4.78 is 63.6. The molecule has 13 heteroatoms. The van der Waals surface area contributed by atoms with Gasteiger partial charge in [0, 0.05) is 36.7 Å². The molecule has 0 saturated heterocycles. The number of hydrogen-bond donors (Lipinski definition) is 2. The van der Waals surface area contributed by atoms with Crippen LogP contribution in [-0.2, 0) is 23.5 Å². The molecule has 0 saturated carbocycles. The van der Waals surface area contributed by atoms with Crippen LogP contribution >= 0.6 is 0 Å². The first kappa shape index (κ1) is 29.8. The van der Waals surface area contributed by atoms with Gasteiger partial charge in [0.1, 0.15) is 23.2 Å². The summed E-state index contributed by atoms with van der Waals surface area (Å²) in [6, 6.07) is 21.7. The molecule has 230 valence electrons. The molecule has 0 spiro atoms. The minimum absolute atomic E-state index is 0.0493. The van der Waals surface area contributed by atoms with Crippen molar-refractivity contribution in [2.45, 2.75) is 12.5 Å². The van der Waals surface area contributed by atoms with E-state index in [1.807, 2.05) is 30.3 Å². The molecule has 2 heterocycles. The number of ether oxygens (including phenoxy) is 1. The van der Waals surface area contributed by atoms with Gasteiger partial charge < -0.3 is 10.1 Å². The predicted octanol–water partition coefficient (Wildman–Crippen LogP) is 5.33. The number of nitrogens with one attached hydrogen (secondary N) is 2. The molecule has 4 aromatic carbocycles. The minimum Gasteiger partial charge on any atom is -0.497 e. The molecule has 0 fully saturated rings. The SMILES string of the molecule is COc1ccc2c(=O)n(-c3cccc4c(NS(C)(=O)=O)nn(C)c34)c(C(Cc3cc(F)cc(F)c3)Nc3ccccc3)nc2c1. The standard InChI is InChI=1S/C32H28F2N6O4S/c1-39-29-25(30(37-39)38-45(3,42)43)10-7-11-28(29)40-31(36-26-18-23(44-2)12-13-24(26)32(40)41)27(35-22-8-5-4-6-9-22)16-19-14-20(33)17-21(34)15-19/h4-15,17-18,27,35H,16H2,1-3H3,(H,37,38). The molecule has 0 bridgehead atoms. The molecular formula is C32H28F2N6O4S. The zero-order valence-corrected chi connectivity index (χ0v) is 25.3. The van der Waals surface area contributed by atoms with Crippen molar-refractivity contribution in [2.75, 3.05) is 23.4 Å². The molecule has 6 rings (SSSR count). The van der Waals surface area contributed by atoms with E-state index in [0.717, 1.165) is 12.3 Å². The Labute approximate surface area is 257 Å². The number of benzene rings is 4. The predicted molar refractivity (Wildman–Crippen MR) is 169 cm³/mol. The first-order chi connectivity index (χ1) is 21.5.